The highest BCUT2D eigenvalue weighted by molar-refractivity contribution is 5.85. The summed E-state index contributed by atoms with van der Waals surface area (Å²) in [6, 6.07) is 6.56. The maximum atomic E-state index is 5.39. The summed E-state index contributed by atoms with van der Waals surface area (Å²) in [6.07, 6.45) is 6.70. The predicted molar refractivity (Wildman–Crippen MR) is 88.6 cm³/mol. The molecule has 1 aromatic carbocycles. The molecule has 0 spiro atoms. The monoisotopic (exact) mass is 309 g/mol. The van der Waals surface area contributed by atoms with Crippen molar-refractivity contribution in [2.75, 3.05) is 12.4 Å². The molecule has 1 aliphatic rings. The van der Waals surface area contributed by atoms with Crippen molar-refractivity contribution in [2.45, 2.75) is 25.3 Å². The molecule has 1 N–H and O–H groups in total. The lowest BCUT2D eigenvalue weighted by Crippen LogP contribution is -2.18. The van der Waals surface area contributed by atoms with Gasteiger partial charge < -0.3 is 10.1 Å². The van der Waals surface area contributed by atoms with Crippen LogP contribution in [-0.4, -0.2) is 26.9 Å². The molecule has 2 aromatic heterocycles. The summed E-state index contributed by atoms with van der Waals surface area (Å²) >= 11 is 0. The molecule has 0 amide bonds. The summed E-state index contributed by atoms with van der Waals surface area (Å²) in [5.74, 6) is 1.72. The van der Waals surface area contributed by atoms with Gasteiger partial charge in [-0.2, -0.15) is 5.10 Å². The van der Waals surface area contributed by atoms with Crippen LogP contribution < -0.4 is 10.1 Å². The average molecular weight is 309 g/mol. The van der Waals surface area contributed by atoms with E-state index >= 15 is 0 Å². The standard InChI is InChI=1S/C17H19N5O/c1-22-16-15(9-20-22)18-10-19-17(16)21-14-5-3-4-11-6-7-12(23-2)8-13(11)14/h6-10,14H,3-5H2,1-2H3,(H,18,19,21). The van der Waals surface area contributed by atoms with E-state index in [2.05, 4.69) is 32.5 Å². The molecule has 118 valence electrons. The van der Waals surface area contributed by atoms with Gasteiger partial charge in [0.05, 0.1) is 19.3 Å². The highest BCUT2D eigenvalue weighted by atomic mass is 16.5. The lowest BCUT2D eigenvalue weighted by Gasteiger charge is -2.27. The topological polar surface area (TPSA) is 64.9 Å². The number of nitrogens with one attached hydrogen (secondary N) is 1. The van der Waals surface area contributed by atoms with Crippen molar-refractivity contribution in [3.8, 4) is 5.75 Å². The van der Waals surface area contributed by atoms with Crippen LogP contribution in [0.4, 0.5) is 5.82 Å². The largest absolute Gasteiger partial charge is 0.497 e. The number of hydrogen-bond acceptors (Lipinski definition) is 5. The van der Waals surface area contributed by atoms with Crippen LogP contribution in [0.15, 0.2) is 30.7 Å². The van der Waals surface area contributed by atoms with E-state index in [1.165, 1.54) is 11.1 Å². The van der Waals surface area contributed by atoms with Crippen LogP contribution in [0.1, 0.15) is 30.0 Å². The Morgan fingerprint density at radius 2 is 2.22 bits per heavy atom. The molecule has 4 rings (SSSR count). The van der Waals surface area contributed by atoms with Crippen molar-refractivity contribution in [3.05, 3.63) is 41.9 Å². The van der Waals surface area contributed by atoms with E-state index in [9.17, 15) is 0 Å². The van der Waals surface area contributed by atoms with E-state index < -0.39 is 0 Å². The molecule has 0 saturated heterocycles. The van der Waals surface area contributed by atoms with E-state index in [0.717, 1.165) is 41.9 Å². The Morgan fingerprint density at radius 1 is 1.30 bits per heavy atom. The Labute approximate surface area is 134 Å². The fourth-order valence-corrected chi connectivity index (χ4v) is 3.33. The Kier molecular flexibility index (Phi) is 3.37. The SMILES string of the molecule is COc1ccc2c(c1)C(Nc1ncnc3cnn(C)c13)CCC2. The quantitative estimate of drug-likeness (QED) is 0.806. The molecule has 6 heteroatoms. The summed E-state index contributed by atoms with van der Waals surface area (Å²) < 4.78 is 7.20. The number of fused-ring (bicyclic) bond motifs is 2. The second kappa shape index (κ2) is 5.53. The Hall–Kier alpha value is -2.63. The van der Waals surface area contributed by atoms with Gasteiger partial charge in [-0.1, -0.05) is 6.07 Å². The number of anilines is 1. The summed E-state index contributed by atoms with van der Waals surface area (Å²) in [4.78, 5) is 8.71. The van der Waals surface area contributed by atoms with Crippen molar-refractivity contribution in [2.24, 2.45) is 7.05 Å². The minimum absolute atomic E-state index is 0.224. The molecule has 1 aliphatic carbocycles. The smallest absolute Gasteiger partial charge is 0.156 e. The number of nitrogens with zero attached hydrogens (tertiary/aromatic N) is 4. The van der Waals surface area contributed by atoms with Crippen molar-refractivity contribution in [1.29, 1.82) is 0 Å². The minimum atomic E-state index is 0.224. The number of ether oxygens (including phenoxy) is 1. The van der Waals surface area contributed by atoms with Gasteiger partial charge in [-0.05, 0) is 42.5 Å². The van der Waals surface area contributed by atoms with E-state index in [1.54, 1.807) is 19.6 Å². The first-order valence-electron chi connectivity index (χ1n) is 7.82. The van der Waals surface area contributed by atoms with Gasteiger partial charge in [0.1, 0.15) is 23.1 Å². The van der Waals surface area contributed by atoms with Crippen molar-refractivity contribution in [1.82, 2.24) is 19.7 Å². The molecule has 0 fully saturated rings. The molecule has 1 atom stereocenters. The van der Waals surface area contributed by atoms with E-state index in [0.29, 0.717) is 0 Å². The van der Waals surface area contributed by atoms with Crippen molar-refractivity contribution < 1.29 is 4.74 Å². The molecule has 0 bridgehead atoms. The maximum absolute atomic E-state index is 5.39. The van der Waals surface area contributed by atoms with Gasteiger partial charge in [-0.15, -0.1) is 0 Å². The molecule has 1 unspecified atom stereocenters. The van der Waals surface area contributed by atoms with Crippen LogP contribution in [0.25, 0.3) is 11.0 Å². The number of aryl methyl sites for hydroxylation is 2. The number of rotatable bonds is 3. The lowest BCUT2D eigenvalue weighted by molar-refractivity contribution is 0.413. The van der Waals surface area contributed by atoms with Crippen LogP contribution >= 0.6 is 0 Å². The summed E-state index contributed by atoms with van der Waals surface area (Å²) in [6.45, 7) is 0. The summed E-state index contributed by atoms with van der Waals surface area (Å²) in [5, 5.41) is 7.87. The van der Waals surface area contributed by atoms with Gasteiger partial charge in [-0.25, -0.2) is 9.97 Å². The van der Waals surface area contributed by atoms with Gasteiger partial charge in [0.15, 0.2) is 5.82 Å². The summed E-state index contributed by atoms with van der Waals surface area (Å²) in [5.41, 5.74) is 4.46. The Bertz CT molecular complexity index is 857. The van der Waals surface area contributed by atoms with Gasteiger partial charge in [0.25, 0.3) is 0 Å². The minimum Gasteiger partial charge on any atom is -0.497 e. The number of methoxy groups -OCH3 is 1. The molecule has 6 nitrogen and oxygen atoms in total. The van der Waals surface area contributed by atoms with Crippen molar-refractivity contribution in [3.63, 3.8) is 0 Å². The Balaban J connectivity index is 1.74. The normalized spacial score (nSPS) is 17.0. The third-order valence-corrected chi connectivity index (χ3v) is 4.51. The molecular weight excluding hydrogens is 290 g/mol. The van der Waals surface area contributed by atoms with Crippen LogP contribution in [0.3, 0.4) is 0 Å². The molecular formula is C17H19N5O. The first-order chi connectivity index (χ1) is 11.3. The maximum Gasteiger partial charge on any atom is 0.156 e. The first kappa shape index (κ1) is 14.0. The molecule has 0 aliphatic heterocycles. The van der Waals surface area contributed by atoms with E-state index in [-0.39, 0.29) is 6.04 Å². The summed E-state index contributed by atoms with van der Waals surface area (Å²) in [7, 11) is 3.62. The first-order valence-corrected chi connectivity index (χ1v) is 7.82. The lowest BCUT2D eigenvalue weighted by atomic mass is 9.87. The second-order valence-corrected chi connectivity index (χ2v) is 5.88. The molecule has 0 saturated carbocycles. The molecule has 0 radical (unpaired) electrons. The number of benzene rings is 1. The highest BCUT2D eigenvalue weighted by Gasteiger charge is 2.22. The van der Waals surface area contributed by atoms with Gasteiger partial charge >= 0.3 is 0 Å². The zero-order valence-corrected chi connectivity index (χ0v) is 13.3. The third kappa shape index (κ3) is 2.40. The van der Waals surface area contributed by atoms with Crippen LogP contribution in [-0.2, 0) is 13.5 Å². The van der Waals surface area contributed by atoms with Gasteiger partial charge in [-0.3, -0.25) is 4.68 Å². The molecule has 2 heterocycles. The van der Waals surface area contributed by atoms with E-state index in [1.807, 2.05) is 17.8 Å². The third-order valence-electron chi connectivity index (χ3n) is 4.51. The fourth-order valence-electron chi connectivity index (χ4n) is 3.33. The zero-order valence-electron chi connectivity index (χ0n) is 13.3. The van der Waals surface area contributed by atoms with Crippen LogP contribution in [0.2, 0.25) is 0 Å². The van der Waals surface area contributed by atoms with E-state index in [4.69, 9.17) is 4.74 Å². The second-order valence-electron chi connectivity index (χ2n) is 5.88. The zero-order chi connectivity index (χ0) is 15.8. The number of hydrogen-bond donors (Lipinski definition) is 1. The van der Waals surface area contributed by atoms with Crippen LogP contribution in [0, 0.1) is 0 Å². The predicted octanol–water partition coefficient (Wildman–Crippen LogP) is 2.86. The van der Waals surface area contributed by atoms with Crippen molar-refractivity contribution >= 4 is 16.9 Å². The molecule has 3 aromatic rings. The van der Waals surface area contributed by atoms with Gasteiger partial charge in [0.2, 0.25) is 0 Å². The molecule has 23 heavy (non-hydrogen) atoms. The highest BCUT2D eigenvalue weighted by Crippen LogP contribution is 2.35. The Morgan fingerprint density at radius 3 is 3.09 bits per heavy atom. The average Bonchev–Trinajstić information content (AvgIpc) is 2.97. The van der Waals surface area contributed by atoms with Gasteiger partial charge in [0, 0.05) is 7.05 Å². The number of aromatic nitrogens is 4. The fraction of sp³-hybridized carbons (Fsp3) is 0.353. The van der Waals surface area contributed by atoms with Crippen LogP contribution in [0.5, 0.6) is 5.75 Å².